The molecule has 0 heterocycles. The summed E-state index contributed by atoms with van der Waals surface area (Å²) in [6.07, 6.45) is 9.32. The number of phenols is 1. The van der Waals surface area contributed by atoms with E-state index in [2.05, 4.69) is 18.7 Å². The van der Waals surface area contributed by atoms with Crippen LogP contribution in [-0.2, 0) is 6.42 Å². The van der Waals surface area contributed by atoms with Crippen molar-refractivity contribution in [2.24, 2.45) is 0 Å². The van der Waals surface area contributed by atoms with Crippen LogP contribution < -0.4 is 0 Å². The number of aromatic hydroxyl groups is 1. The maximum absolute atomic E-state index is 9.32. The highest BCUT2D eigenvalue weighted by molar-refractivity contribution is 5.25. The first-order valence-corrected chi connectivity index (χ1v) is 8.24. The standard InChI is InChI=1S/C18H29NO/c1-3-19(17-7-5-4-6-8-17)15(2)9-10-16-11-13-18(20)14-12-16/h11-15,17,20H,3-10H2,1-2H3. The van der Waals surface area contributed by atoms with Crippen molar-refractivity contribution < 1.29 is 5.11 Å². The zero-order valence-corrected chi connectivity index (χ0v) is 13.0. The van der Waals surface area contributed by atoms with Crippen molar-refractivity contribution in [3.05, 3.63) is 29.8 Å². The molecular weight excluding hydrogens is 246 g/mol. The third-order valence-corrected chi connectivity index (χ3v) is 4.76. The van der Waals surface area contributed by atoms with Crippen molar-refractivity contribution in [2.75, 3.05) is 6.54 Å². The van der Waals surface area contributed by atoms with E-state index in [4.69, 9.17) is 0 Å². The monoisotopic (exact) mass is 275 g/mol. The largest absolute Gasteiger partial charge is 0.508 e. The maximum Gasteiger partial charge on any atom is 0.115 e. The highest BCUT2D eigenvalue weighted by atomic mass is 16.3. The van der Waals surface area contributed by atoms with Gasteiger partial charge in [-0.05, 0) is 56.8 Å². The zero-order chi connectivity index (χ0) is 14.4. The smallest absolute Gasteiger partial charge is 0.115 e. The molecule has 1 unspecified atom stereocenters. The van der Waals surface area contributed by atoms with Crippen LogP contribution in [0.2, 0.25) is 0 Å². The lowest BCUT2D eigenvalue weighted by Crippen LogP contribution is -2.42. The molecule has 1 N–H and O–H groups in total. The minimum Gasteiger partial charge on any atom is -0.508 e. The molecule has 1 fully saturated rings. The van der Waals surface area contributed by atoms with Gasteiger partial charge in [-0.1, -0.05) is 38.3 Å². The Hall–Kier alpha value is -1.02. The number of nitrogens with zero attached hydrogens (tertiary/aromatic N) is 1. The normalized spacial score (nSPS) is 18.4. The first kappa shape index (κ1) is 15.4. The molecule has 0 aliphatic heterocycles. The van der Waals surface area contributed by atoms with Gasteiger partial charge < -0.3 is 5.11 Å². The third-order valence-electron chi connectivity index (χ3n) is 4.76. The summed E-state index contributed by atoms with van der Waals surface area (Å²) < 4.78 is 0. The summed E-state index contributed by atoms with van der Waals surface area (Å²) in [5.74, 6) is 0.360. The summed E-state index contributed by atoms with van der Waals surface area (Å²) in [7, 11) is 0. The Labute approximate surface area is 123 Å². The number of phenolic OH excluding ortho intramolecular Hbond substituents is 1. The molecule has 1 aromatic rings. The summed E-state index contributed by atoms with van der Waals surface area (Å²) in [6.45, 7) is 5.84. The number of benzene rings is 1. The van der Waals surface area contributed by atoms with Crippen LogP contribution in [0.5, 0.6) is 5.75 Å². The molecule has 0 aromatic heterocycles. The SMILES string of the molecule is CCN(C(C)CCc1ccc(O)cc1)C1CCCCC1. The van der Waals surface area contributed by atoms with Gasteiger partial charge in [0.1, 0.15) is 5.75 Å². The Balaban J connectivity index is 1.85. The van der Waals surface area contributed by atoms with Crippen LogP contribution in [0.3, 0.4) is 0 Å². The molecule has 2 rings (SSSR count). The second-order valence-electron chi connectivity index (χ2n) is 6.18. The summed E-state index contributed by atoms with van der Waals surface area (Å²) >= 11 is 0. The number of hydrogen-bond donors (Lipinski definition) is 1. The lowest BCUT2D eigenvalue weighted by atomic mass is 9.92. The molecule has 0 saturated heterocycles. The molecule has 20 heavy (non-hydrogen) atoms. The van der Waals surface area contributed by atoms with E-state index < -0.39 is 0 Å². The van der Waals surface area contributed by atoms with Crippen LogP contribution in [0.15, 0.2) is 24.3 Å². The molecule has 2 heteroatoms. The zero-order valence-electron chi connectivity index (χ0n) is 13.0. The molecule has 0 amide bonds. The Morgan fingerprint density at radius 2 is 1.80 bits per heavy atom. The van der Waals surface area contributed by atoms with Crippen LogP contribution in [-0.4, -0.2) is 28.6 Å². The highest BCUT2D eigenvalue weighted by Crippen LogP contribution is 2.25. The quantitative estimate of drug-likeness (QED) is 0.833. The van der Waals surface area contributed by atoms with Crippen LogP contribution in [0, 0.1) is 0 Å². The van der Waals surface area contributed by atoms with Gasteiger partial charge in [0.25, 0.3) is 0 Å². The maximum atomic E-state index is 9.32. The molecule has 1 atom stereocenters. The van der Waals surface area contributed by atoms with E-state index in [0.29, 0.717) is 11.8 Å². The van der Waals surface area contributed by atoms with Gasteiger partial charge in [0, 0.05) is 12.1 Å². The summed E-state index contributed by atoms with van der Waals surface area (Å²) in [5, 5.41) is 9.32. The molecule has 0 bridgehead atoms. The van der Waals surface area contributed by atoms with Crippen molar-refractivity contribution in [1.29, 1.82) is 0 Å². The first-order valence-electron chi connectivity index (χ1n) is 8.24. The molecule has 1 aromatic carbocycles. The summed E-state index contributed by atoms with van der Waals surface area (Å²) in [5.41, 5.74) is 1.33. The molecule has 112 valence electrons. The second kappa shape index (κ2) is 7.68. The van der Waals surface area contributed by atoms with E-state index in [9.17, 15) is 5.11 Å². The predicted molar refractivity (Wildman–Crippen MR) is 85.1 cm³/mol. The van der Waals surface area contributed by atoms with Crippen molar-refractivity contribution >= 4 is 0 Å². The molecule has 1 saturated carbocycles. The lowest BCUT2D eigenvalue weighted by molar-refractivity contribution is 0.114. The van der Waals surface area contributed by atoms with E-state index in [1.54, 1.807) is 12.1 Å². The number of rotatable bonds is 6. The Morgan fingerprint density at radius 3 is 2.40 bits per heavy atom. The van der Waals surface area contributed by atoms with E-state index in [1.165, 1.54) is 50.6 Å². The highest BCUT2D eigenvalue weighted by Gasteiger charge is 2.23. The second-order valence-corrected chi connectivity index (χ2v) is 6.18. The van der Waals surface area contributed by atoms with Gasteiger partial charge in [0.2, 0.25) is 0 Å². The van der Waals surface area contributed by atoms with Crippen LogP contribution in [0.25, 0.3) is 0 Å². The summed E-state index contributed by atoms with van der Waals surface area (Å²) in [6, 6.07) is 9.12. The van der Waals surface area contributed by atoms with Crippen molar-refractivity contribution in [3.8, 4) is 5.75 Å². The van der Waals surface area contributed by atoms with Gasteiger partial charge in [-0.25, -0.2) is 0 Å². The van der Waals surface area contributed by atoms with Crippen molar-refractivity contribution in [1.82, 2.24) is 4.90 Å². The Kier molecular flexibility index (Phi) is 5.90. The molecule has 0 radical (unpaired) electrons. The fourth-order valence-corrected chi connectivity index (χ4v) is 3.55. The molecule has 1 aliphatic rings. The lowest BCUT2D eigenvalue weighted by Gasteiger charge is -2.38. The fourth-order valence-electron chi connectivity index (χ4n) is 3.55. The molecule has 2 nitrogen and oxygen atoms in total. The van der Waals surface area contributed by atoms with E-state index >= 15 is 0 Å². The van der Waals surface area contributed by atoms with Gasteiger partial charge in [-0.15, -0.1) is 0 Å². The molecule has 1 aliphatic carbocycles. The third kappa shape index (κ3) is 4.24. The predicted octanol–water partition coefficient (Wildman–Crippen LogP) is 4.37. The van der Waals surface area contributed by atoms with E-state index in [-0.39, 0.29) is 0 Å². The first-order chi connectivity index (χ1) is 9.70. The number of hydrogen-bond acceptors (Lipinski definition) is 2. The fraction of sp³-hybridized carbons (Fsp3) is 0.667. The topological polar surface area (TPSA) is 23.5 Å². The van der Waals surface area contributed by atoms with Crippen molar-refractivity contribution in [3.63, 3.8) is 0 Å². The summed E-state index contributed by atoms with van der Waals surface area (Å²) in [4.78, 5) is 2.71. The molecular formula is C18H29NO. The van der Waals surface area contributed by atoms with Crippen molar-refractivity contribution in [2.45, 2.75) is 70.9 Å². The minimum atomic E-state index is 0.360. The van der Waals surface area contributed by atoms with Crippen LogP contribution >= 0.6 is 0 Å². The average Bonchev–Trinajstić information content (AvgIpc) is 2.48. The van der Waals surface area contributed by atoms with E-state index in [1.807, 2.05) is 12.1 Å². The Bertz CT molecular complexity index is 381. The minimum absolute atomic E-state index is 0.360. The van der Waals surface area contributed by atoms with Crippen LogP contribution in [0.1, 0.15) is 57.9 Å². The van der Waals surface area contributed by atoms with Gasteiger partial charge in [0.15, 0.2) is 0 Å². The van der Waals surface area contributed by atoms with Crippen LogP contribution in [0.4, 0.5) is 0 Å². The average molecular weight is 275 g/mol. The van der Waals surface area contributed by atoms with Gasteiger partial charge >= 0.3 is 0 Å². The van der Waals surface area contributed by atoms with Gasteiger partial charge in [-0.3, -0.25) is 4.90 Å². The Morgan fingerprint density at radius 1 is 1.15 bits per heavy atom. The van der Waals surface area contributed by atoms with Gasteiger partial charge in [0.05, 0.1) is 0 Å². The van der Waals surface area contributed by atoms with E-state index in [0.717, 1.165) is 12.5 Å². The number of aryl methyl sites for hydroxylation is 1. The molecule has 0 spiro atoms. The van der Waals surface area contributed by atoms with Gasteiger partial charge in [-0.2, -0.15) is 0 Å².